The van der Waals surface area contributed by atoms with Gasteiger partial charge in [0.1, 0.15) is 5.69 Å². The molecule has 0 aliphatic rings. The minimum Gasteiger partial charge on any atom is -0.396 e. The Labute approximate surface area is 103 Å². The first-order valence-corrected chi connectivity index (χ1v) is 5.59. The molecule has 0 radical (unpaired) electrons. The number of nitrogens with one attached hydrogen (secondary N) is 1. The molecule has 5 heteroatoms. The lowest BCUT2D eigenvalue weighted by molar-refractivity contribution is 0.774. The maximum absolute atomic E-state index is 5.96. The van der Waals surface area contributed by atoms with Crippen LogP contribution >= 0.6 is 11.6 Å². The second-order valence-corrected chi connectivity index (χ2v) is 4.42. The van der Waals surface area contributed by atoms with Crippen LogP contribution < -0.4 is 5.73 Å². The second kappa shape index (κ2) is 3.53. The molecule has 3 aromatic rings. The van der Waals surface area contributed by atoms with E-state index in [0.29, 0.717) is 5.69 Å². The van der Waals surface area contributed by atoms with Crippen molar-refractivity contribution in [3.05, 3.63) is 35.5 Å². The molecule has 0 aliphatic heterocycles. The first-order valence-electron chi connectivity index (χ1n) is 5.21. The summed E-state index contributed by atoms with van der Waals surface area (Å²) in [5.41, 5.74) is 9.42. The number of benzene rings is 1. The zero-order valence-corrected chi connectivity index (χ0v) is 9.99. The van der Waals surface area contributed by atoms with Crippen molar-refractivity contribution in [1.29, 1.82) is 0 Å². The van der Waals surface area contributed by atoms with Crippen LogP contribution in [0.25, 0.3) is 22.3 Å². The summed E-state index contributed by atoms with van der Waals surface area (Å²) >= 11 is 5.96. The summed E-state index contributed by atoms with van der Waals surface area (Å²) in [7, 11) is 1.87. The number of H-pyrrole nitrogens is 1. The number of aryl methyl sites for hydroxylation is 1. The number of hydrogen-bond acceptors (Lipinski definition) is 2. The molecule has 0 saturated carbocycles. The fraction of sp³-hybridized carbons (Fsp3) is 0.0833. The average Bonchev–Trinajstić information content (AvgIpc) is 2.81. The van der Waals surface area contributed by atoms with Crippen LogP contribution in [0, 0.1) is 0 Å². The van der Waals surface area contributed by atoms with Gasteiger partial charge < -0.3 is 10.7 Å². The van der Waals surface area contributed by atoms with Gasteiger partial charge in [-0.2, -0.15) is 5.10 Å². The van der Waals surface area contributed by atoms with Crippen molar-refractivity contribution in [3.8, 4) is 11.4 Å². The monoisotopic (exact) mass is 246 g/mol. The van der Waals surface area contributed by atoms with E-state index in [1.165, 1.54) is 0 Å². The van der Waals surface area contributed by atoms with Gasteiger partial charge >= 0.3 is 0 Å². The Bertz CT molecular complexity index is 676. The molecule has 86 valence electrons. The van der Waals surface area contributed by atoms with E-state index in [1.54, 1.807) is 10.9 Å². The predicted molar refractivity (Wildman–Crippen MR) is 69.9 cm³/mol. The van der Waals surface area contributed by atoms with Gasteiger partial charge in [-0.05, 0) is 24.3 Å². The smallest absolute Gasteiger partial charge is 0.107 e. The van der Waals surface area contributed by atoms with Crippen LogP contribution in [-0.4, -0.2) is 14.8 Å². The van der Waals surface area contributed by atoms with E-state index in [-0.39, 0.29) is 0 Å². The highest BCUT2D eigenvalue weighted by Gasteiger charge is 2.11. The van der Waals surface area contributed by atoms with Crippen molar-refractivity contribution in [2.45, 2.75) is 0 Å². The standard InChI is InChI=1S/C12H11ClN4/c1-17-12(9(14)6-15-17)11-5-7-4-8(13)2-3-10(7)16-11/h2-6,16H,14H2,1H3. The molecule has 0 aliphatic carbocycles. The van der Waals surface area contributed by atoms with Crippen molar-refractivity contribution in [2.24, 2.45) is 7.05 Å². The molecule has 0 atom stereocenters. The van der Waals surface area contributed by atoms with Crippen LogP contribution in [0.15, 0.2) is 30.5 Å². The lowest BCUT2D eigenvalue weighted by atomic mass is 10.2. The van der Waals surface area contributed by atoms with Crippen molar-refractivity contribution in [3.63, 3.8) is 0 Å². The molecule has 0 saturated heterocycles. The summed E-state index contributed by atoms with van der Waals surface area (Å²) in [6.45, 7) is 0. The molecule has 0 spiro atoms. The van der Waals surface area contributed by atoms with E-state index >= 15 is 0 Å². The highest BCUT2D eigenvalue weighted by Crippen LogP contribution is 2.28. The van der Waals surface area contributed by atoms with Gasteiger partial charge in [0, 0.05) is 23.0 Å². The van der Waals surface area contributed by atoms with Crippen LogP contribution in [0.3, 0.4) is 0 Å². The molecule has 17 heavy (non-hydrogen) atoms. The third-order valence-corrected chi connectivity index (χ3v) is 3.04. The summed E-state index contributed by atoms with van der Waals surface area (Å²) in [5.74, 6) is 0. The number of aromatic amines is 1. The van der Waals surface area contributed by atoms with Crippen LogP contribution in [0.1, 0.15) is 0 Å². The Morgan fingerprint density at radius 3 is 2.88 bits per heavy atom. The van der Waals surface area contributed by atoms with E-state index < -0.39 is 0 Å². The lowest BCUT2D eigenvalue weighted by Gasteiger charge is -1.99. The molecule has 0 amide bonds. The van der Waals surface area contributed by atoms with Crippen LogP contribution in [0.2, 0.25) is 5.02 Å². The number of aromatic nitrogens is 3. The predicted octanol–water partition coefficient (Wildman–Crippen LogP) is 2.80. The Morgan fingerprint density at radius 1 is 1.35 bits per heavy atom. The summed E-state index contributed by atoms with van der Waals surface area (Å²) in [4.78, 5) is 3.31. The van der Waals surface area contributed by atoms with Gasteiger partial charge in [-0.25, -0.2) is 0 Å². The summed E-state index contributed by atoms with van der Waals surface area (Å²) in [5, 5.41) is 5.91. The molecule has 0 unspecified atom stereocenters. The Kier molecular flexibility index (Phi) is 2.12. The second-order valence-electron chi connectivity index (χ2n) is 3.99. The SMILES string of the molecule is Cn1ncc(N)c1-c1cc2cc(Cl)ccc2[nH]1. The lowest BCUT2D eigenvalue weighted by Crippen LogP contribution is -1.95. The Morgan fingerprint density at radius 2 is 2.18 bits per heavy atom. The number of nitrogens with two attached hydrogens (primary N) is 1. The maximum atomic E-state index is 5.96. The fourth-order valence-corrected chi connectivity index (χ4v) is 2.20. The third-order valence-electron chi connectivity index (χ3n) is 2.80. The van der Waals surface area contributed by atoms with Gasteiger partial charge in [-0.3, -0.25) is 4.68 Å². The summed E-state index contributed by atoms with van der Waals surface area (Å²) < 4.78 is 1.75. The molecule has 2 heterocycles. The van der Waals surface area contributed by atoms with Crippen LogP contribution in [0.4, 0.5) is 5.69 Å². The van der Waals surface area contributed by atoms with Gasteiger partial charge in [-0.15, -0.1) is 0 Å². The molecule has 0 fully saturated rings. The zero-order chi connectivity index (χ0) is 12.0. The highest BCUT2D eigenvalue weighted by molar-refractivity contribution is 6.31. The minimum atomic E-state index is 0.658. The first kappa shape index (κ1) is 10.2. The van der Waals surface area contributed by atoms with Crippen LogP contribution in [0.5, 0.6) is 0 Å². The summed E-state index contributed by atoms with van der Waals surface area (Å²) in [6.07, 6.45) is 1.65. The molecular weight excluding hydrogens is 236 g/mol. The normalized spacial score (nSPS) is 11.2. The Hall–Kier alpha value is -1.94. The molecule has 4 nitrogen and oxygen atoms in total. The number of rotatable bonds is 1. The van der Waals surface area contributed by atoms with Crippen LogP contribution in [-0.2, 0) is 7.05 Å². The maximum Gasteiger partial charge on any atom is 0.107 e. The van der Waals surface area contributed by atoms with E-state index in [2.05, 4.69) is 10.1 Å². The number of nitrogens with zero attached hydrogens (tertiary/aromatic N) is 2. The van der Waals surface area contributed by atoms with Gasteiger partial charge in [0.2, 0.25) is 0 Å². The van der Waals surface area contributed by atoms with E-state index in [1.807, 2.05) is 31.3 Å². The fourth-order valence-electron chi connectivity index (χ4n) is 2.02. The summed E-state index contributed by atoms with van der Waals surface area (Å²) in [6, 6.07) is 7.75. The highest BCUT2D eigenvalue weighted by atomic mass is 35.5. The number of anilines is 1. The van der Waals surface area contributed by atoms with Gasteiger partial charge in [0.05, 0.1) is 17.6 Å². The van der Waals surface area contributed by atoms with Crippen molar-refractivity contribution in [1.82, 2.24) is 14.8 Å². The van der Waals surface area contributed by atoms with Crippen molar-refractivity contribution in [2.75, 3.05) is 5.73 Å². The molecule has 3 rings (SSSR count). The quantitative estimate of drug-likeness (QED) is 0.694. The largest absolute Gasteiger partial charge is 0.396 e. The number of fused-ring (bicyclic) bond motifs is 1. The third kappa shape index (κ3) is 1.57. The molecule has 3 N–H and O–H groups in total. The minimum absolute atomic E-state index is 0.658. The van der Waals surface area contributed by atoms with Crippen molar-refractivity contribution < 1.29 is 0 Å². The zero-order valence-electron chi connectivity index (χ0n) is 9.24. The average molecular weight is 247 g/mol. The van der Waals surface area contributed by atoms with E-state index in [4.69, 9.17) is 17.3 Å². The number of hydrogen-bond donors (Lipinski definition) is 2. The molecule has 1 aromatic carbocycles. The number of halogens is 1. The first-order chi connectivity index (χ1) is 8.15. The van der Waals surface area contributed by atoms with E-state index in [0.717, 1.165) is 27.3 Å². The van der Waals surface area contributed by atoms with E-state index in [9.17, 15) is 0 Å². The molecular formula is C12H11ClN4. The van der Waals surface area contributed by atoms with Gasteiger partial charge in [0.25, 0.3) is 0 Å². The molecule has 0 bridgehead atoms. The topological polar surface area (TPSA) is 59.6 Å². The van der Waals surface area contributed by atoms with Gasteiger partial charge in [0.15, 0.2) is 0 Å². The number of nitrogen functional groups attached to an aromatic ring is 1. The Balaban J connectivity index is 2.25. The van der Waals surface area contributed by atoms with Gasteiger partial charge in [-0.1, -0.05) is 11.6 Å². The van der Waals surface area contributed by atoms with Crippen molar-refractivity contribution >= 4 is 28.2 Å². The molecule has 2 aromatic heterocycles.